The molecule has 0 unspecified atom stereocenters. The van der Waals surface area contributed by atoms with Crippen molar-refractivity contribution >= 4 is 30.1 Å². The van der Waals surface area contributed by atoms with E-state index in [1.54, 1.807) is 6.08 Å². The Morgan fingerprint density at radius 1 is 0.765 bits per heavy atom. The number of carboxylic acids is 1. The summed E-state index contributed by atoms with van der Waals surface area (Å²) in [4.78, 5) is 15.7. The number of carboxylic acid groups (broad SMARTS) is 1. The van der Waals surface area contributed by atoms with Gasteiger partial charge in [-0.1, -0.05) is 103 Å². The van der Waals surface area contributed by atoms with E-state index in [1.165, 1.54) is 108 Å². The van der Waals surface area contributed by atoms with Crippen LogP contribution in [0.1, 0.15) is 102 Å². The summed E-state index contributed by atoms with van der Waals surface area (Å²) in [5.74, 6) is -0.908. The van der Waals surface area contributed by atoms with E-state index in [9.17, 15) is 4.79 Å². The molecule has 0 radical (unpaired) electrons. The third kappa shape index (κ3) is 14.0. The van der Waals surface area contributed by atoms with E-state index in [0.29, 0.717) is 0 Å². The zero-order valence-electron chi connectivity index (χ0n) is 21.6. The normalized spacial score (nSPS) is 14.4. The SMILES string of the molecule is CCCCCCCCCCCCCCCCN1CCN(c2ccc(C=CC(=O)O)cc2)CC1.Cl. The summed E-state index contributed by atoms with van der Waals surface area (Å²) in [7, 11) is 0. The maximum Gasteiger partial charge on any atom is 0.328 e. The number of benzene rings is 1. The van der Waals surface area contributed by atoms with Gasteiger partial charge in [-0.05, 0) is 36.7 Å². The lowest BCUT2D eigenvalue weighted by Crippen LogP contribution is -2.46. The summed E-state index contributed by atoms with van der Waals surface area (Å²) in [6, 6.07) is 8.20. The molecule has 4 nitrogen and oxygen atoms in total. The fraction of sp³-hybridized carbons (Fsp3) is 0.690. The van der Waals surface area contributed by atoms with E-state index in [2.05, 4.69) is 28.9 Å². The third-order valence-electron chi connectivity index (χ3n) is 6.88. The molecule has 0 saturated carbocycles. The quantitative estimate of drug-likeness (QED) is 0.167. The zero-order valence-corrected chi connectivity index (χ0v) is 22.4. The fourth-order valence-corrected chi connectivity index (χ4v) is 4.72. The number of piperazine rings is 1. The van der Waals surface area contributed by atoms with Crippen molar-refractivity contribution < 1.29 is 9.90 Å². The van der Waals surface area contributed by atoms with E-state index in [-0.39, 0.29) is 12.4 Å². The average molecular weight is 493 g/mol. The molecule has 0 aromatic heterocycles. The van der Waals surface area contributed by atoms with Crippen LogP contribution in [-0.2, 0) is 4.79 Å². The van der Waals surface area contributed by atoms with Crippen LogP contribution >= 0.6 is 12.4 Å². The number of unbranched alkanes of at least 4 members (excludes halogenated alkanes) is 13. The smallest absolute Gasteiger partial charge is 0.328 e. The number of halogens is 1. The number of rotatable bonds is 18. The van der Waals surface area contributed by atoms with Gasteiger partial charge in [0.2, 0.25) is 0 Å². The Labute approximate surface area is 215 Å². The summed E-state index contributed by atoms with van der Waals surface area (Å²) in [6.07, 6.45) is 22.7. The molecule has 0 bridgehead atoms. The van der Waals surface area contributed by atoms with Gasteiger partial charge in [-0.25, -0.2) is 4.79 Å². The van der Waals surface area contributed by atoms with E-state index >= 15 is 0 Å². The second kappa shape index (κ2) is 19.8. The van der Waals surface area contributed by atoms with Crippen LogP contribution in [0.3, 0.4) is 0 Å². The van der Waals surface area contributed by atoms with Crippen molar-refractivity contribution in [3.05, 3.63) is 35.9 Å². The van der Waals surface area contributed by atoms with Crippen LogP contribution in [0.4, 0.5) is 5.69 Å². The number of anilines is 1. The lowest BCUT2D eigenvalue weighted by atomic mass is 10.0. The summed E-state index contributed by atoms with van der Waals surface area (Å²) >= 11 is 0. The zero-order chi connectivity index (χ0) is 23.6. The molecule has 5 heteroatoms. The highest BCUT2D eigenvalue weighted by Gasteiger charge is 2.16. The molecule has 0 spiro atoms. The van der Waals surface area contributed by atoms with Gasteiger partial charge in [0.25, 0.3) is 0 Å². The molecule has 0 atom stereocenters. The first-order chi connectivity index (χ1) is 16.2. The minimum absolute atomic E-state index is 0. The predicted octanol–water partition coefficient (Wildman–Crippen LogP) is 7.81. The minimum Gasteiger partial charge on any atom is -0.478 e. The van der Waals surface area contributed by atoms with E-state index in [0.717, 1.165) is 31.7 Å². The average Bonchev–Trinajstić information content (AvgIpc) is 2.83. The Hall–Kier alpha value is -1.52. The number of hydrogen-bond acceptors (Lipinski definition) is 3. The van der Waals surface area contributed by atoms with Crippen LogP contribution in [0, 0.1) is 0 Å². The Morgan fingerprint density at radius 2 is 1.24 bits per heavy atom. The lowest BCUT2D eigenvalue weighted by molar-refractivity contribution is -0.131. The van der Waals surface area contributed by atoms with Gasteiger partial charge in [0.05, 0.1) is 0 Å². The Morgan fingerprint density at radius 3 is 1.71 bits per heavy atom. The van der Waals surface area contributed by atoms with Crippen molar-refractivity contribution in [1.82, 2.24) is 4.90 Å². The molecule has 1 heterocycles. The number of nitrogens with zero attached hydrogens (tertiary/aromatic N) is 2. The van der Waals surface area contributed by atoms with Gasteiger partial charge >= 0.3 is 5.97 Å². The van der Waals surface area contributed by atoms with E-state index in [4.69, 9.17) is 5.11 Å². The third-order valence-corrected chi connectivity index (χ3v) is 6.88. The summed E-state index contributed by atoms with van der Waals surface area (Å²) in [5.41, 5.74) is 2.16. The molecule has 0 amide bonds. The Balaban J connectivity index is 0.00000578. The van der Waals surface area contributed by atoms with Crippen molar-refractivity contribution in [2.45, 2.75) is 96.8 Å². The first-order valence-electron chi connectivity index (χ1n) is 13.7. The van der Waals surface area contributed by atoms with Gasteiger partial charge in [-0.15, -0.1) is 12.4 Å². The molecular formula is C29H49ClN2O2. The first kappa shape index (κ1) is 30.5. The Kier molecular flexibility index (Phi) is 17.7. The van der Waals surface area contributed by atoms with Crippen LogP contribution in [0.15, 0.2) is 30.3 Å². The highest BCUT2D eigenvalue weighted by molar-refractivity contribution is 5.85. The number of hydrogen-bond donors (Lipinski definition) is 1. The van der Waals surface area contributed by atoms with Crippen LogP contribution in [0.5, 0.6) is 0 Å². The molecule has 2 rings (SSSR count). The summed E-state index contributed by atoms with van der Waals surface area (Å²) < 4.78 is 0. The fourth-order valence-electron chi connectivity index (χ4n) is 4.72. The van der Waals surface area contributed by atoms with Gasteiger partial charge in [0, 0.05) is 37.9 Å². The van der Waals surface area contributed by atoms with Crippen LogP contribution in [0.2, 0.25) is 0 Å². The molecule has 1 aliphatic heterocycles. The number of aliphatic carboxylic acids is 1. The molecule has 1 aromatic rings. The van der Waals surface area contributed by atoms with Crippen LogP contribution in [0.25, 0.3) is 6.08 Å². The van der Waals surface area contributed by atoms with Crippen LogP contribution < -0.4 is 4.90 Å². The molecule has 1 aromatic carbocycles. The maximum atomic E-state index is 10.6. The summed E-state index contributed by atoms with van der Waals surface area (Å²) in [5, 5.41) is 8.74. The minimum atomic E-state index is -0.908. The van der Waals surface area contributed by atoms with Crippen molar-refractivity contribution in [1.29, 1.82) is 0 Å². The highest BCUT2D eigenvalue weighted by Crippen LogP contribution is 2.19. The maximum absolute atomic E-state index is 10.6. The molecule has 0 aliphatic carbocycles. The largest absolute Gasteiger partial charge is 0.478 e. The monoisotopic (exact) mass is 492 g/mol. The Bertz CT molecular complexity index is 655. The second-order valence-electron chi connectivity index (χ2n) is 9.69. The lowest BCUT2D eigenvalue weighted by Gasteiger charge is -2.36. The molecule has 1 N–H and O–H groups in total. The van der Waals surface area contributed by atoms with Crippen molar-refractivity contribution in [3.63, 3.8) is 0 Å². The van der Waals surface area contributed by atoms with Crippen LogP contribution in [-0.4, -0.2) is 48.7 Å². The van der Waals surface area contributed by atoms with Gasteiger partial charge in [-0.2, -0.15) is 0 Å². The van der Waals surface area contributed by atoms with Crippen molar-refractivity contribution in [3.8, 4) is 0 Å². The molecule has 34 heavy (non-hydrogen) atoms. The topological polar surface area (TPSA) is 43.8 Å². The van der Waals surface area contributed by atoms with E-state index in [1.807, 2.05) is 12.1 Å². The van der Waals surface area contributed by atoms with E-state index < -0.39 is 5.97 Å². The number of carbonyl (C=O) groups is 1. The molecule has 1 fully saturated rings. The summed E-state index contributed by atoms with van der Waals surface area (Å²) in [6.45, 7) is 7.95. The predicted molar refractivity (Wildman–Crippen MR) is 149 cm³/mol. The van der Waals surface area contributed by atoms with Gasteiger partial charge in [0.1, 0.15) is 0 Å². The molecule has 1 aliphatic rings. The molecular weight excluding hydrogens is 444 g/mol. The van der Waals surface area contributed by atoms with Crippen molar-refractivity contribution in [2.24, 2.45) is 0 Å². The highest BCUT2D eigenvalue weighted by atomic mass is 35.5. The second-order valence-corrected chi connectivity index (χ2v) is 9.69. The van der Waals surface area contributed by atoms with Crippen molar-refractivity contribution in [2.75, 3.05) is 37.6 Å². The van der Waals surface area contributed by atoms with Gasteiger partial charge in [0.15, 0.2) is 0 Å². The van der Waals surface area contributed by atoms with Gasteiger partial charge in [-0.3, -0.25) is 4.90 Å². The molecule has 194 valence electrons. The first-order valence-corrected chi connectivity index (χ1v) is 13.7. The van der Waals surface area contributed by atoms with Gasteiger partial charge < -0.3 is 10.0 Å². The standard InChI is InChI=1S/C29H48N2O2.ClH/c1-2-3-4-5-6-7-8-9-10-11-12-13-14-15-22-30-23-25-31(26-24-30)28-19-16-27(17-20-28)18-21-29(32)33;/h16-21H,2-15,22-26H2,1H3,(H,32,33);1H. The molecule has 1 saturated heterocycles.